The second-order valence-corrected chi connectivity index (χ2v) is 5.51. The molecule has 1 aromatic heterocycles. The van der Waals surface area contributed by atoms with Gasteiger partial charge >= 0.3 is 5.97 Å². The van der Waals surface area contributed by atoms with Crippen LogP contribution in [-0.2, 0) is 4.74 Å². The minimum atomic E-state index is -0.961. The molecular weight excluding hydrogens is 270 g/mol. The Kier molecular flexibility index (Phi) is 3.47. The number of carbonyl (C=O) groups is 1. The summed E-state index contributed by atoms with van der Waals surface area (Å²) in [5.41, 5.74) is 0.668. The SMILES string of the molecule is CC1(CNc2ncnc3cc(C(=O)O)ccc23)CCCO1. The van der Waals surface area contributed by atoms with E-state index in [1.165, 1.54) is 6.33 Å². The number of nitrogens with one attached hydrogen (secondary N) is 1. The van der Waals surface area contributed by atoms with Gasteiger partial charge in [0.25, 0.3) is 0 Å². The summed E-state index contributed by atoms with van der Waals surface area (Å²) < 4.78 is 5.74. The third-order valence-electron chi connectivity index (χ3n) is 3.81. The Morgan fingerprint density at radius 2 is 2.33 bits per heavy atom. The van der Waals surface area contributed by atoms with Crippen LogP contribution >= 0.6 is 0 Å². The summed E-state index contributed by atoms with van der Waals surface area (Å²) >= 11 is 0. The van der Waals surface area contributed by atoms with E-state index in [0.717, 1.165) is 24.8 Å². The smallest absolute Gasteiger partial charge is 0.335 e. The summed E-state index contributed by atoms with van der Waals surface area (Å²) in [5.74, 6) is -0.259. The molecule has 2 heterocycles. The van der Waals surface area contributed by atoms with Crippen LogP contribution in [0.3, 0.4) is 0 Å². The third kappa shape index (κ3) is 2.80. The van der Waals surface area contributed by atoms with Gasteiger partial charge in [-0.25, -0.2) is 14.8 Å². The van der Waals surface area contributed by atoms with Crippen molar-refractivity contribution in [1.29, 1.82) is 0 Å². The van der Waals surface area contributed by atoms with E-state index in [-0.39, 0.29) is 11.2 Å². The highest BCUT2D eigenvalue weighted by atomic mass is 16.5. The van der Waals surface area contributed by atoms with Crippen LogP contribution in [0.15, 0.2) is 24.5 Å². The molecule has 0 aliphatic carbocycles. The second-order valence-electron chi connectivity index (χ2n) is 5.51. The first-order chi connectivity index (χ1) is 10.1. The molecule has 1 aromatic carbocycles. The van der Waals surface area contributed by atoms with E-state index in [9.17, 15) is 4.79 Å². The molecule has 6 heteroatoms. The molecule has 110 valence electrons. The van der Waals surface area contributed by atoms with Crippen LogP contribution in [0.25, 0.3) is 10.9 Å². The first-order valence-corrected chi connectivity index (χ1v) is 6.93. The maximum absolute atomic E-state index is 11.0. The molecule has 0 spiro atoms. The fourth-order valence-electron chi connectivity index (χ4n) is 2.58. The topological polar surface area (TPSA) is 84.3 Å². The first-order valence-electron chi connectivity index (χ1n) is 6.93. The lowest BCUT2D eigenvalue weighted by Crippen LogP contribution is -2.32. The van der Waals surface area contributed by atoms with Crippen LogP contribution in [0.2, 0.25) is 0 Å². The summed E-state index contributed by atoms with van der Waals surface area (Å²) in [4.78, 5) is 19.4. The molecule has 1 saturated heterocycles. The minimum absolute atomic E-state index is 0.168. The molecule has 1 aliphatic rings. The van der Waals surface area contributed by atoms with Crippen molar-refractivity contribution in [2.75, 3.05) is 18.5 Å². The van der Waals surface area contributed by atoms with E-state index < -0.39 is 5.97 Å². The van der Waals surface area contributed by atoms with Crippen molar-refractivity contribution in [3.63, 3.8) is 0 Å². The molecular formula is C15H17N3O3. The van der Waals surface area contributed by atoms with E-state index in [1.807, 2.05) is 0 Å². The number of carboxylic acid groups (broad SMARTS) is 1. The predicted molar refractivity (Wildman–Crippen MR) is 78.6 cm³/mol. The molecule has 6 nitrogen and oxygen atoms in total. The molecule has 1 fully saturated rings. The highest BCUT2D eigenvalue weighted by Gasteiger charge is 2.29. The van der Waals surface area contributed by atoms with E-state index in [4.69, 9.17) is 9.84 Å². The number of carboxylic acids is 1. The van der Waals surface area contributed by atoms with Crippen LogP contribution in [0, 0.1) is 0 Å². The van der Waals surface area contributed by atoms with E-state index >= 15 is 0 Å². The number of fused-ring (bicyclic) bond motifs is 1. The Morgan fingerprint density at radius 1 is 1.48 bits per heavy atom. The molecule has 2 N–H and O–H groups in total. The molecule has 0 amide bonds. The van der Waals surface area contributed by atoms with Crippen molar-refractivity contribution in [1.82, 2.24) is 9.97 Å². The summed E-state index contributed by atoms with van der Waals surface area (Å²) in [6.07, 6.45) is 3.53. The Morgan fingerprint density at radius 3 is 3.05 bits per heavy atom. The quantitative estimate of drug-likeness (QED) is 0.897. The number of rotatable bonds is 4. The monoisotopic (exact) mass is 287 g/mol. The van der Waals surface area contributed by atoms with Crippen molar-refractivity contribution in [3.05, 3.63) is 30.1 Å². The van der Waals surface area contributed by atoms with Crippen molar-refractivity contribution in [2.45, 2.75) is 25.4 Å². The number of anilines is 1. The zero-order chi connectivity index (χ0) is 14.9. The number of hydrogen-bond donors (Lipinski definition) is 2. The van der Waals surface area contributed by atoms with Crippen LogP contribution < -0.4 is 5.32 Å². The number of nitrogens with zero attached hydrogens (tertiary/aromatic N) is 2. The normalized spacial score (nSPS) is 21.6. The Balaban J connectivity index is 1.86. The molecule has 2 aromatic rings. The van der Waals surface area contributed by atoms with Gasteiger partial charge in [-0.05, 0) is 38.0 Å². The van der Waals surface area contributed by atoms with Crippen molar-refractivity contribution in [3.8, 4) is 0 Å². The molecule has 0 radical (unpaired) electrons. The summed E-state index contributed by atoms with van der Waals surface area (Å²) in [7, 11) is 0. The highest BCUT2D eigenvalue weighted by molar-refractivity contribution is 5.96. The van der Waals surface area contributed by atoms with Crippen LogP contribution in [0.1, 0.15) is 30.1 Å². The van der Waals surface area contributed by atoms with Crippen molar-refractivity contribution < 1.29 is 14.6 Å². The molecule has 21 heavy (non-hydrogen) atoms. The first kappa shape index (κ1) is 13.8. The number of aromatic nitrogens is 2. The molecule has 1 unspecified atom stereocenters. The highest BCUT2D eigenvalue weighted by Crippen LogP contribution is 2.26. The fraction of sp³-hybridized carbons (Fsp3) is 0.400. The van der Waals surface area contributed by atoms with E-state index in [2.05, 4.69) is 22.2 Å². The summed E-state index contributed by atoms with van der Waals surface area (Å²) in [6.45, 7) is 3.55. The second kappa shape index (κ2) is 5.29. The Labute approximate surface area is 122 Å². The molecule has 1 aliphatic heterocycles. The average molecular weight is 287 g/mol. The lowest BCUT2D eigenvalue weighted by Gasteiger charge is -2.24. The third-order valence-corrected chi connectivity index (χ3v) is 3.81. The molecule has 1 atom stereocenters. The van der Waals surface area contributed by atoms with Gasteiger partial charge in [0.1, 0.15) is 12.1 Å². The van der Waals surface area contributed by atoms with Gasteiger partial charge in [-0.3, -0.25) is 0 Å². The maximum atomic E-state index is 11.0. The van der Waals surface area contributed by atoms with Gasteiger partial charge < -0.3 is 15.2 Å². The van der Waals surface area contributed by atoms with Crippen LogP contribution in [0.4, 0.5) is 5.82 Å². The Hall–Kier alpha value is -2.21. The largest absolute Gasteiger partial charge is 0.478 e. The van der Waals surface area contributed by atoms with Gasteiger partial charge in [-0.15, -0.1) is 0 Å². The van der Waals surface area contributed by atoms with Gasteiger partial charge in [-0.1, -0.05) is 0 Å². The summed E-state index contributed by atoms with van der Waals surface area (Å²) in [5, 5.41) is 13.1. The number of benzene rings is 1. The van der Waals surface area contributed by atoms with Crippen LogP contribution in [-0.4, -0.2) is 39.8 Å². The van der Waals surface area contributed by atoms with Gasteiger partial charge in [0.05, 0.1) is 16.7 Å². The number of aromatic carboxylic acids is 1. The maximum Gasteiger partial charge on any atom is 0.335 e. The zero-order valence-corrected chi connectivity index (χ0v) is 11.8. The van der Waals surface area contributed by atoms with E-state index in [0.29, 0.717) is 17.9 Å². The standard InChI is InChI=1S/C15H17N3O3/c1-15(5-2-6-21-15)8-16-13-11-4-3-10(14(19)20)7-12(11)17-9-18-13/h3-4,7,9H,2,5-6,8H2,1H3,(H,19,20)(H,16,17,18). The van der Waals surface area contributed by atoms with Gasteiger partial charge in [0.2, 0.25) is 0 Å². The molecule has 0 bridgehead atoms. The Bertz CT molecular complexity index is 681. The van der Waals surface area contributed by atoms with Gasteiger partial charge in [0, 0.05) is 18.5 Å². The van der Waals surface area contributed by atoms with Gasteiger partial charge in [0.15, 0.2) is 0 Å². The molecule has 0 saturated carbocycles. The zero-order valence-electron chi connectivity index (χ0n) is 11.8. The minimum Gasteiger partial charge on any atom is -0.478 e. The number of ether oxygens (including phenoxy) is 1. The average Bonchev–Trinajstić information content (AvgIpc) is 2.91. The van der Waals surface area contributed by atoms with Crippen molar-refractivity contribution >= 4 is 22.7 Å². The van der Waals surface area contributed by atoms with Crippen LogP contribution in [0.5, 0.6) is 0 Å². The number of hydrogen-bond acceptors (Lipinski definition) is 5. The lowest BCUT2D eigenvalue weighted by molar-refractivity contribution is 0.0315. The lowest BCUT2D eigenvalue weighted by atomic mass is 10.0. The fourth-order valence-corrected chi connectivity index (χ4v) is 2.58. The van der Waals surface area contributed by atoms with E-state index in [1.54, 1.807) is 18.2 Å². The molecule has 3 rings (SSSR count). The van der Waals surface area contributed by atoms with Gasteiger partial charge in [-0.2, -0.15) is 0 Å². The summed E-state index contributed by atoms with van der Waals surface area (Å²) in [6, 6.07) is 4.85. The predicted octanol–water partition coefficient (Wildman–Crippen LogP) is 2.31. The van der Waals surface area contributed by atoms with Crippen molar-refractivity contribution in [2.24, 2.45) is 0 Å².